The van der Waals surface area contributed by atoms with E-state index in [0.29, 0.717) is 0 Å². The zero-order valence-corrected chi connectivity index (χ0v) is 12.6. The van der Waals surface area contributed by atoms with Gasteiger partial charge < -0.3 is 15.0 Å². The average Bonchev–Trinajstić information content (AvgIpc) is 2.44. The van der Waals surface area contributed by atoms with E-state index in [1.165, 1.54) is 0 Å². The van der Waals surface area contributed by atoms with Crippen molar-refractivity contribution in [1.82, 2.24) is 9.97 Å². The van der Waals surface area contributed by atoms with E-state index < -0.39 is 0 Å². The molecule has 5 heteroatoms. The lowest BCUT2D eigenvalue weighted by molar-refractivity contribution is 0.196. The lowest BCUT2D eigenvalue weighted by Crippen LogP contribution is -2.22. The third-order valence-corrected chi connectivity index (χ3v) is 2.86. The second-order valence-corrected chi connectivity index (χ2v) is 4.58. The van der Waals surface area contributed by atoms with Gasteiger partial charge in [-0.1, -0.05) is 13.8 Å². The van der Waals surface area contributed by atoms with Crippen LogP contribution in [0.2, 0.25) is 0 Å². The summed E-state index contributed by atoms with van der Waals surface area (Å²) >= 11 is 0. The van der Waals surface area contributed by atoms with E-state index in [1.54, 1.807) is 7.11 Å². The largest absolute Gasteiger partial charge is 0.385 e. The second kappa shape index (κ2) is 8.69. The SMILES string of the molecule is CCCNc1cc(N(C)CCCOC)nc(CC)n1. The van der Waals surface area contributed by atoms with Gasteiger partial charge in [0.15, 0.2) is 0 Å². The summed E-state index contributed by atoms with van der Waals surface area (Å²) in [6.07, 6.45) is 2.93. The number of rotatable bonds is 9. The molecule has 0 aromatic carbocycles. The normalized spacial score (nSPS) is 10.5. The molecule has 1 N–H and O–H groups in total. The molecule has 0 aliphatic carbocycles. The number of methoxy groups -OCH3 is 1. The van der Waals surface area contributed by atoms with Crippen molar-refractivity contribution >= 4 is 11.6 Å². The third kappa shape index (κ3) is 5.42. The molecular weight excluding hydrogens is 240 g/mol. The lowest BCUT2D eigenvalue weighted by atomic mass is 10.3. The zero-order valence-electron chi connectivity index (χ0n) is 12.6. The first-order chi connectivity index (χ1) is 9.21. The van der Waals surface area contributed by atoms with Gasteiger partial charge in [0.2, 0.25) is 0 Å². The molecule has 19 heavy (non-hydrogen) atoms. The van der Waals surface area contributed by atoms with Crippen molar-refractivity contribution < 1.29 is 4.74 Å². The van der Waals surface area contributed by atoms with Gasteiger partial charge in [-0.15, -0.1) is 0 Å². The summed E-state index contributed by atoms with van der Waals surface area (Å²) < 4.78 is 5.08. The lowest BCUT2D eigenvalue weighted by Gasteiger charge is -2.19. The van der Waals surface area contributed by atoms with Gasteiger partial charge in [0.1, 0.15) is 17.5 Å². The molecule has 1 aromatic heterocycles. The van der Waals surface area contributed by atoms with Crippen molar-refractivity contribution in [2.24, 2.45) is 0 Å². The Bertz CT molecular complexity index is 370. The first-order valence-electron chi connectivity index (χ1n) is 7.03. The molecule has 0 aliphatic rings. The van der Waals surface area contributed by atoms with Gasteiger partial charge in [-0.05, 0) is 12.8 Å². The minimum Gasteiger partial charge on any atom is -0.385 e. The molecule has 108 valence electrons. The summed E-state index contributed by atoms with van der Waals surface area (Å²) in [6, 6.07) is 2.02. The Morgan fingerprint density at radius 3 is 2.74 bits per heavy atom. The van der Waals surface area contributed by atoms with Crippen LogP contribution in [0.1, 0.15) is 32.5 Å². The van der Waals surface area contributed by atoms with Crippen LogP contribution in [0.3, 0.4) is 0 Å². The van der Waals surface area contributed by atoms with Gasteiger partial charge >= 0.3 is 0 Å². The van der Waals surface area contributed by atoms with Crippen LogP contribution in [0, 0.1) is 0 Å². The molecule has 0 fully saturated rings. The Hall–Kier alpha value is -1.36. The second-order valence-electron chi connectivity index (χ2n) is 4.58. The standard InChI is InChI=1S/C14H26N4O/c1-5-8-15-13-11-14(17-12(6-2)16-13)18(3)9-7-10-19-4/h11H,5-10H2,1-4H3,(H,15,16,17). The van der Waals surface area contributed by atoms with Gasteiger partial charge in [-0.25, -0.2) is 9.97 Å². The highest BCUT2D eigenvalue weighted by Gasteiger charge is 2.07. The Morgan fingerprint density at radius 1 is 1.32 bits per heavy atom. The van der Waals surface area contributed by atoms with Crippen molar-refractivity contribution in [1.29, 1.82) is 0 Å². The maximum atomic E-state index is 5.08. The van der Waals surface area contributed by atoms with Gasteiger partial charge in [-0.2, -0.15) is 0 Å². The highest BCUT2D eigenvalue weighted by molar-refractivity contribution is 5.49. The minimum atomic E-state index is 0.775. The van der Waals surface area contributed by atoms with Crippen LogP contribution in [-0.4, -0.2) is 43.8 Å². The van der Waals surface area contributed by atoms with E-state index in [2.05, 4.69) is 41.1 Å². The predicted molar refractivity (Wildman–Crippen MR) is 80.0 cm³/mol. The zero-order chi connectivity index (χ0) is 14.1. The number of anilines is 2. The van der Waals surface area contributed by atoms with E-state index in [4.69, 9.17) is 4.74 Å². The first-order valence-corrected chi connectivity index (χ1v) is 7.03. The maximum Gasteiger partial charge on any atom is 0.134 e. The average molecular weight is 266 g/mol. The van der Waals surface area contributed by atoms with Crippen molar-refractivity contribution in [3.63, 3.8) is 0 Å². The van der Waals surface area contributed by atoms with Gasteiger partial charge in [0.05, 0.1) is 0 Å². The van der Waals surface area contributed by atoms with Crippen LogP contribution in [0.5, 0.6) is 0 Å². The van der Waals surface area contributed by atoms with Gasteiger partial charge in [-0.3, -0.25) is 0 Å². The Balaban J connectivity index is 2.74. The number of ether oxygens (including phenoxy) is 1. The van der Waals surface area contributed by atoms with Crippen molar-refractivity contribution in [3.8, 4) is 0 Å². The summed E-state index contributed by atoms with van der Waals surface area (Å²) in [5.74, 6) is 2.78. The summed E-state index contributed by atoms with van der Waals surface area (Å²) in [4.78, 5) is 11.2. The molecular formula is C14H26N4O. The van der Waals surface area contributed by atoms with E-state index in [0.717, 1.165) is 56.4 Å². The third-order valence-electron chi connectivity index (χ3n) is 2.86. The van der Waals surface area contributed by atoms with Gasteiger partial charge in [0, 0.05) is 46.3 Å². The minimum absolute atomic E-state index is 0.775. The van der Waals surface area contributed by atoms with E-state index in [9.17, 15) is 0 Å². The number of hydrogen-bond donors (Lipinski definition) is 1. The topological polar surface area (TPSA) is 50.3 Å². The molecule has 0 unspecified atom stereocenters. The Labute approximate surface area is 116 Å². The molecule has 0 amide bonds. The number of aromatic nitrogens is 2. The van der Waals surface area contributed by atoms with E-state index in [-0.39, 0.29) is 0 Å². The van der Waals surface area contributed by atoms with Crippen LogP contribution in [-0.2, 0) is 11.2 Å². The van der Waals surface area contributed by atoms with Crippen molar-refractivity contribution in [2.45, 2.75) is 33.1 Å². The predicted octanol–water partition coefficient (Wildman–Crippen LogP) is 2.33. The van der Waals surface area contributed by atoms with Crippen molar-refractivity contribution in [3.05, 3.63) is 11.9 Å². The Kier molecular flexibility index (Phi) is 7.18. The number of nitrogens with one attached hydrogen (secondary N) is 1. The first kappa shape index (κ1) is 15.7. The molecule has 1 rings (SSSR count). The fourth-order valence-electron chi connectivity index (χ4n) is 1.74. The van der Waals surface area contributed by atoms with Crippen LogP contribution < -0.4 is 10.2 Å². The van der Waals surface area contributed by atoms with E-state index >= 15 is 0 Å². The monoisotopic (exact) mass is 266 g/mol. The quantitative estimate of drug-likeness (QED) is 0.695. The molecule has 0 atom stereocenters. The Morgan fingerprint density at radius 2 is 2.11 bits per heavy atom. The van der Waals surface area contributed by atoms with Gasteiger partial charge in [0.25, 0.3) is 0 Å². The van der Waals surface area contributed by atoms with Crippen LogP contribution >= 0.6 is 0 Å². The fraction of sp³-hybridized carbons (Fsp3) is 0.714. The molecule has 0 saturated heterocycles. The molecule has 1 heterocycles. The summed E-state index contributed by atoms with van der Waals surface area (Å²) in [6.45, 7) is 6.87. The fourth-order valence-corrected chi connectivity index (χ4v) is 1.74. The van der Waals surface area contributed by atoms with Crippen LogP contribution in [0.15, 0.2) is 6.07 Å². The maximum absolute atomic E-state index is 5.08. The number of nitrogens with zero attached hydrogens (tertiary/aromatic N) is 3. The van der Waals surface area contributed by atoms with Crippen LogP contribution in [0.25, 0.3) is 0 Å². The number of aryl methyl sites for hydroxylation is 1. The smallest absolute Gasteiger partial charge is 0.134 e. The molecule has 0 saturated carbocycles. The molecule has 5 nitrogen and oxygen atoms in total. The number of hydrogen-bond acceptors (Lipinski definition) is 5. The summed E-state index contributed by atoms with van der Waals surface area (Å²) in [5.41, 5.74) is 0. The highest BCUT2D eigenvalue weighted by atomic mass is 16.5. The van der Waals surface area contributed by atoms with Crippen molar-refractivity contribution in [2.75, 3.05) is 44.1 Å². The molecule has 0 spiro atoms. The molecule has 0 aliphatic heterocycles. The molecule has 0 radical (unpaired) electrons. The van der Waals surface area contributed by atoms with E-state index in [1.807, 2.05) is 6.07 Å². The highest BCUT2D eigenvalue weighted by Crippen LogP contribution is 2.15. The molecule has 0 bridgehead atoms. The summed E-state index contributed by atoms with van der Waals surface area (Å²) in [7, 11) is 3.79. The molecule has 1 aromatic rings. The summed E-state index contributed by atoms with van der Waals surface area (Å²) in [5, 5.41) is 3.33. The van der Waals surface area contributed by atoms with Crippen LogP contribution in [0.4, 0.5) is 11.6 Å².